The van der Waals surface area contributed by atoms with E-state index in [9.17, 15) is 8.42 Å². The van der Waals surface area contributed by atoms with Gasteiger partial charge in [-0.1, -0.05) is 17.7 Å². The van der Waals surface area contributed by atoms with E-state index in [0.29, 0.717) is 5.56 Å². The first-order valence-electron chi connectivity index (χ1n) is 5.97. The van der Waals surface area contributed by atoms with Crippen molar-refractivity contribution in [3.8, 4) is 0 Å². The van der Waals surface area contributed by atoms with Gasteiger partial charge >= 0.3 is 0 Å². The number of hydrogen-bond donors (Lipinski definition) is 1. The fourth-order valence-electron chi connectivity index (χ4n) is 1.97. The maximum Gasteiger partial charge on any atom is 0.241 e. The van der Waals surface area contributed by atoms with Crippen molar-refractivity contribution in [1.82, 2.24) is 4.72 Å². The second-order valence-corrected chi connectivity index (χ2v) is 6.20. The molecule has 19 heavy (non-hydrogen) atoms. The number of aryl methyl sites for hydroxylation is 2. The minimum Gasteiger partial charge on any atom is -0.354 e. The predicted molar refractivity (Wildman–Crippen MR) is 73.5 cm³/mol. The number of benzene rings is 1. The molecule has 0 bridgehead atoms. The maximum atomic E-state index is 12.3. The molecule has 0 saturated carbocycles. The summed E-state index contributed by atoms with van der Waals surface area (Å²) >= 11 is 0. The van der Waals surface area contributed by atoms with Gasteiger partial charge in [0.15, 0.2) is 6.29 Å². The van der Waals surface area contributed by atoms with E-state index in [1.54, 1.807) is 26.0 Å². The molecule has 1 rings (SSSR count). The summed E-state index contributed by atoms with van der Waals surface area (Å²) in [7, 11) is -0.645. The van der Waals surface area contributed by atoms with Gasteiger partial charge in [0.2, 0.25) is 10.0 Å². The van der Waals surface area contributed by atoms with E-state index in [0.717, 1.165) is 5.56 Å². The van der Waals surface area contributed by atoms with Crippen molar-refractivity contribution in [2.24, 2.45) is 0 Å². The van der Waals surface area contributed by atoms with Crippen LogP contribution in [0.25, 0.3) is 0 Å². The van der Waals surface area contributed by atoms with Crippen LogP contribution in [0.5, 0.6) is 0 Å². The minimum absolute atomic E-state index is 0.274. The Morgan fingerprint density at radius 2 is 1.74 bits per heavy atom. The Kier molecular flexibility index (Phi) is 5.49. The quantitative estimate of drug-likeness (QED) is 0.807. The highest BCUT2D eigenvalue weighted by Crippen LogP contribution is 2.17. The molecule has 1 atom stereocenters. The zero-order valence-corrected chi connectivity index (χ0v) is 12.7. The predicted octanol–water partition coefficient (Wildman–Crippen LogP) is 1.59. The topological polar surface area (TPSA) is 64.6 Å². The molecule has 1 aromatic carbocycles. The van der Waals surface area contributed by atoms with Gasteiger partial charge in [-0.3, -0.25) is 0 Å². The standard InChI is InChI=1S/C13H21NO4S/c1-9-6-7-12(10(2)8-9)19(15,16)14-11(3)13(17-4)18-5/h6-8,11,13-14H,1-5H3. The molecule has 108 valence electrons. The Labute approximate surface area is 115 Å². The highest BCUT2D eigenvalue weighted by atomic mass is 32.2. The van der Waals surface area contributed by atoms with Crippen LogP contribution in [0.4, 0.5) is 0 Å². The normalized spacial score (nSPS) is 13.8. The van der Waals surface area contributed by atoms with Crippen LogP contribution in [0.2, 0.25) is 0 Å². The summed E-state index contributed by atoms with van der Waals surface area (Å²) in [6.45, 7) is 5.39. The first-order chi connectivity index (χ1) is 8.81. The maximum absolute atomic E-state index is 12.3. The molecule has 0 aromatic heterocycles. The summed E-state index contributed by atoms with van der Waals surface area (Å²) in [6, 6.07) is 4.73. The van der Waals surface area contributed by atoms with Crippen molar-refractivity contribution in [2.75, 3.05) is 14.2 Å². The Morgan fingerprint density at radius 1 is 1.16 bits per heavy atom. The molecule has 5 nitrogen and oxygen atoms in total. The summed E-state index contributed by atoms with van der Waals surface area (Å²) in [6.07, 6.45) is -0.625. The highest BCUT2D eigenvalue weighted by Gasteiger charge is 2.24. The monoisotopic (exact) mass is 287 g/mol. The molecule has 0 spiro atoms. The molecule has 0 fully saturated rings. The summed E-state index contributed by atoms with van der Waals surface area (Å²) in [5, 5.41) is 0. The molecular weight excluding hydrogens is 266 g/mol. The van der Waals surface area contributed by atoms with Gasteiger partial charge in [-0.2, -0.15) is 0 Å². The minimum atomic E-state index is -3.58. The van der Waals surface area contributed by atoms with Gasteiger partial charge < -0.3 is 9.47 Å². The molecule has 1 aromatic rings. The lowest BCUT2D eigenvalue weighted by atomic mass is 10.2. The molecule has 1 N–H and O–H groups in total. The molecule has 1 unspecified atom stereocenters. The largest absolute Gasteiger partial charge is 0.354 e. The molecule has 0 aliphatic heterocycles. The van der Waals surface area contributed by atoms with Crippen molar-refractivity contribution in [3.05, 3.63) is 29.3 Å². The second-order valence-electron chi connectivity index (χ2n) is 4.52. The first-order valence-corrected chi connectivity index (χ1v) is 7.45. The SMILES string of the molecule is COC(OC)C(C)NS(=O)(=O)c1ccc(C)cc1C. The van der Waals surface area contributed by atoms with Gasteiger partial charge in [0.05, 0.1) is 10.9 Å². The number of ether oxygens (including phenoxy) is 2. The molecular formula is C13H21NO4S. The fraction of sp³-hybridized carbons (Fsp3) is 0.538. The average molecular weight is 287 g/mol. The summed E-state index contributed by atoms with van der Waals surface area (Å²) in [5.41, 5.74) is 1.74. The van der Waals surface area contributed by atoms with Crippen LogP contribution in [-0.2, 0) is 19.5 Å². The third-order valence-electron chi connectivity index (χ3n) is 2.83. The Bertz CT molecular complexity index is 523. The molecule has 6 heteroatoms. The van der Waals surface area contributed by atoms with Crippen molar-refractivity contribution in [2.45, 2.75) is 38.0 Å². The van der Waals surface area contributed by atoms with E-state index in [2.05, 4.69) is 4.72 Å². The summed E-state index contributed by atoms with van der Waals surface area (Å²) < 4.78 is 37.2. The van der Waals surface area contributed by atoms with E-state index in [4.69, 9.17) is 9.47 Å². The van der Waals surface area contributed by atoms with E-state index in [1.807, 2.05) is 13.0 Å². The van der Waals surface area contributed by atoms with Crippen LogP contribution in [0.15, 0.2) is 23.1 Å². The molecule has 0 amide bonds. The number of methoxy groups -OCH3 is 2. The van der Waals surface area contributed by atoms with Crippen LogP contribution >= 0.6 is 0 Å². The van der Waals surface area contributed by atoms with E-state index in [1.165, 1.54) is 14.2 Å². The summed E-state index contributed by atoms with van der Waals surface area (Å²) in [5.74, 6) is 0. The van der Waals surface area contributed by atoms with E-state index >= 15 is 0 Å². The van der Waals surface area contributed by atoms with Crippen LogP contribution in [0.3, 0.4) is 0 Å². The number of sulfonamides is 1. The summed E-state index contributed by atoms with van der Waals surface area (Å²) in [4.78, 5) is 0.274. The van der Waals surface area contributed by atoms with E-state index in [-0.39, 0.29) is 4.90 Å². The lowest BCUT2D eigenvalue weighted by Crippen LogP contribution is -2.43. The number of rotatable bonds is 6. The van der Waals surface area contributed by atoms with Crippen molar-refractivity contribution >= 4 is 10.0 Å². The van der Waals surface area contributed by atoms with Crippen LogP contribution < -0.4 is 4.72 Å². The van der Waals surface area contributed by atoms with Gasteiger partial charge in [0.1, 0.15) is 0 Å². The Hall–Kier alpha value is -0.950. The molecule has 0 radical (unpaired) electrons. The third-order valence-corrected chi connectivity index (χ3v) is 4.55. The third kappa shape index (κ3) is 4.01. The van der Waals surface area contributed by atoms with Crippen LogP contribution in [0, 0.1) is 13.8 Å². The molecule has 0 aliphatic rings. The van der Waals surface area contributed by atoms with Crippen molar-refractivity contribution in [1.29, 1.82) is 0 Å². The van der Waals surface area contributed by atoms with Gasteiger partial charge in [-0.15, -0.1) is 0 Å². The zero-order valence-electron chi connectivity index (χ0n) is 11.9. The zero-order chi connectivity index (χ0) is 14.6. The number of nitrogens with one attached hydrogen (secondary N) is 1. The van der Waals surface area contributed by atoms with Crippen molar-refractivity contribution in [3.63, 3.8) is 0 Å². The van der Waals surface area contributed by atoms with Gasteiger partial charge in [-0.25, -0.2) is 13.1 Å². The molecule has 0 aliphatic carbocycles. The van der Waals surface area contributed by atoms with Gasteiger partial charge in [0.25, 0.3) is 0 Å². The Balaban J connectivity index is 2.98. The fourth-order valence-corrected chi connectivity index (χ4v) is 3.43. The lowest BCUT2D eigenvalue weighted by Gasteiger charge is -2.22. The average Bonchev–Trinajstić information content (AvgIpc) is 2.29. The van der Waals surface area contributed by atoms with Gasteiger partial charge in [0, 0.05) is 14.2 Å². The van der Waals surface area contributed by atoms with Crippen LogP contribution in [0.1, 0.15) is 18.1 Å². The first kappa shape index (κ1) is 16.1. The number of hydrogen-bond acceptors (Lipinski definition) is 4. The molecule has 0 saturated heterocycles. The second kappa shape index (κ2) is 6.47. The highest BCUT2D eigenvalue weighted by molar-refractivity contribution is 7.89. The Morgan fingerprint density at radius 3 is 2.21 bits per heavy atom. The lowest BCUT2D eigenvalue weighted by molar-refractivity contribution is -0.115. The van der Waals surface area contributed by atoms with Gasteiger partial charge in [-0.05, 0) is 32.4 Å². The smallest absolute Gasteiger partial charge is 0.241 e. The van der Waals surface area contributed by atoms with Crippen molar-refractivity contribution < 1.29 is 17.9 Å². The van der Waals surface area contributed by atoms with Crippen LogP contribution in [-0.4, -0.2) is 35.0 Å². The molecule has 0 heterocycles. The van der Waals surface area contributed by atoms with E-state index < -0.39 is 22.4 Å².